The predicted octanol–water partition coefficient (Wildman–Crippen LogP) is 2.69. The minimum absolute atomic E-state index is 0.0656. The number of hydrogen-bond donors (Lipinski definition) is 0. The van der Waals surface area contributed by atoms with Crippen molar-refractivity contribution in [3.05, 3.63) is 23.8 Å². The molecule has 0 radical (unpaired) electrons. The number of fused-ring (bicyclic) bond motifs is 1. The van der Waals surface area contributed by atoms with Crippen molar-refractivity contribution in [1.82, 2.24) is 0 Å². The lowest BCUT2D eigenvalue weighted by Gasteiger charge is -2.16. The number of carbonyl (C=O) groups is 1. The van der Waals surface area contributed by atoms with E-state index < -0.39 is 0 Å². The van der Waals surface area contributed by atoms with Gasteiger partial charge in [0.1, 0.15) is 6.10 Å². The first-order valence-electron chi connectivity index (χ1n) is 6.84. The van der Waals surface area contributed by atoms with Gasteiger partial charge in [0, 0.05) is 5.92 Å². The average molecular weight is 262 g/mol. The molecule has 0 spiro atoms. The van der Waals surface area contributed by atoms with Gasteiger partial charge >= 0.3 is 5.97 Å². The molecule has 1 fully saturated rings. The Bertz CT molecular complexity index is 483. The van der Waals surface area contributed by atoms with Crippen LogP contribution >= 0.6 is 0 Å². The Balaban J connectivity index is 1.71. The van der Waals surface area contributed by atoms with Crippen molar-refractivity contribution < 1.29 is 19.0 Å². The number of cyclic esters (lactones) is 1. The van der Waals surface area contributed by atoms with Crippen LogP contribution in [0.15, 0.2) is 18.2 Å². The number of esters is 1. The Morgan fingerprint density at radius 1 is 1.26 bits per heavy atom. The van der Waals surface area contributed by atoms with E-state index in [9.17, 15) is 4.79 Å². The summed E-state index contributed by atoms with van der Waals surface area (Å²) in [6, 6.07) is 5.98. The summed E-state index contributed by atoms with van der Waals surface area (Å²) in [6.07, 6.45) is 3.44. The van der Waals surface area contributed by atoms with E-state index in [1.807, 2.05) is 18.2 Å². The topological polar surface area (TPSA) is 44.8 Å². The van der Waals surface area contributed by atoms with Gasteiger partial charge in [-0.2, -0.15) is 0 Å². The number of hydrogen-bond acceptors (Lipinski definition) is 4. The highest BCUT2D eigenvalue weighted by atomic mass is 16.7. The molecule has 1 aromatic carbocycles. The molecule has 0 bridgehead atoms. The van der Waals surface area contributed by atoms with E-state index in [0.29, 0.717) is 13.2 Å². The summed E-state index contributed by atoms with van der Waals surface area (Å²) in [5.74, 6) is 1.82. The van der Waals surface area contributed by atoms with E-state index in [1.165, 1.54) is 5.56 Å². The fourth-order valence-electron chi connectivity index (χ4n) is 2.81. The quantitative estimate of drug-likeness (QED) is 0.783. The SMILES string of the molecule is CCC[C@@H]1OC(=O)C[C@H]1Cc1ccc2c(c1)OCO2. The molecule has 1 aromatic rings. The van der Waals surface area contributed by atoms with Crippen molar-refractivity contribution in [1.29, 1.82) is 0 Å². The van der Waals surface area contributed by atoms with Crippen LogP contribution < -0.4 is 9.47 Å². The first kappa shape index (κ1) is 12.3. The maximum atomic E-state index is 11.4. The van der Waals surface area contributed by atoms with Crippen LogP contribution in [0.4, 0.5) is 0 Å². The highest BCUT2D eigenvalue weighted by molar-refractivity contribution is 5.72. The molecular weight excluding hydrogens is 244 g/mol. The zero-order valence-corrected chi connectivity index (χ0v) is 11.1. The average Bonchev–Trinajstić information content (AvgIpc) is 2.97. The first-order chi connectivity index (χ1) is 9.26. The molecule has 0 amide bonds. The standard InChI is InChI=1S/C15H18O4/c1-2-3-12-11(8-15(16)19-12)6-10-4-5-13-14(7-10)18-9-17-13/h4-5,7,11-12H,2-3,6,8-9H2,1H3/t11-,12+/m1/s1. The molecule has 4 heteroatoms. The smallest absolute Gasteiger partial charge is 0.306 e. The number of carbonyl (C=O) groups excluding carboxylic acids is 1. The molecule has 0 aromatic heterocycles. The molecule has 102 valence electrons. The Morgan fingerprint density at radius 2 is 2.11 bits per heavy atom. The van der Waals surface area contributed by atoms with E-state index >= 15 is 0 Å². The van der Waals surface area contributed by atoms with Crippen molar-refractivity contribution in [2.45, 2.75) is 38.7 Å². The van der Waals surface area contributed by atoms with Crippen molar-refractivity contribution >= 4 is 5.97 Å². The van der Waals surface area contributed by atoms with Crippen LogP contribution in [-0.2, 0) is 16.0 Å². The van der Waals surface area contributed by atoms with Crippen molar-refractivity contribution in [2.24, 2.45) is 5.92 Å². The van der Waals surface area contributed by atoms with Crippen LogP contribution in [0, 0.1) is 5.92 Å². The molecule has 0 N–H and O–H groups in total. The normalized spacial score (nSPS) is 24.6. The van der Waals surface area contributed by atoms with Gasteiger partial charge in [0.15, 0.2) is 11.5 Å². The van der Waals surface area contributed by atoms with Gasteiger partial charge in [-0.1, -0.05) is 19.4 Å². The summed E-state index contributed by atoms with van der Waals surface area (Å²) in [5.41, 5.74) is 1.17. The highest BCUT2D eigenvalue weighted by Crippen LogP contribution is 2.35. The van der Waals surface area contributed by atoms with Gasteiger partial charge in [-0.25, -0.2) is 0 Å². The molecule has 2 heterocycles. The van der Waals surface area contributed by atoms with Gasteiger partial charge < -0.3 is 14.2 Å². The summed E-state index contributed by atoms with van der Waals surface area (Å²) in [4.78, 5) is 11.4. The van der Waals surface area contributed by atoms with Crippen LogP contribution in [0.2, 0.25) is 0 Å². The lowest BCUT2D eigenvalue weighted by atomic mass is 9.91. The molecule has 4 nitrogen and oxygen atoms in total. The third kappa shape index (κ3) is 2.53. The van der Waals surface area contributed by atoms with E-state index in [2.05, 4.69) is 6.92 Å². The first-order valence-corrected chi connectivity index (χ1v) is 6.84. The Hall–Kier alpha value is -1.71. The monoisotopic (exact) mass is 262 g/mol. The van der Waals surface area contributed by atoms with Crippen LogP contribution in [0.25, 0.3) is 0 Å². The maximum absolute atomic E-state index is 11.4. The number of benzene rings is 1. The van der Waals surface area contributed by atoms with Gasteiger partial charge in [0.25, 0.3) is 0 Å². The van der Waals surface area contributed by atoms with Crippen LogP contribution in [0.3, 0.4) is 0 Å². The summed E-state index contributed by atoms with van der Waals surface area (Å²) in [7, 11) is 0. The lowest BCUT2D eigenvalue weighted by Crippen LogP contribution is -2.17. The van der Waals surface area contributed by atoms with Crippen molar-refractivity contribution in [3.63, 3.8) is 0 Å². The molecular formula is C15H18O4. The van der Waals surface area contributed by atoms with Crippen molar-refractivity contribution in [3.8, 4) is 11.5 Å². The van der Waals surface area contributed by atoms with E-state index in [-0.39, 0.29) is 18.0 Å². The zero-order chi connectivity index (χ0) is 13.2. The molecule has 2 aliphatic rings. The highest BCUT2D eigenvalue weighted by Gasteiger charge is 2.34. The van der Waals surface area contributed by atoms with E-state index in [4.69, 9.17) is 14.2 Å². The van der Waals surface area contributed by atoms with Crippen molar-refractivity contribution in [2.75, 3.05) is 6.79 Å². The van der Waals surface area contributed by atoms with Crippen LogP contribution in [-0.4, -0.2) is 18.9 Å². The number of rotatable bonds is 4. The summed E-state index contributed by atoms with van der Waals surface area (Å²) in [5, 5.41) is 0. The Morgan fingerprint density at radius 3 is 2.95 bits per heavy atom. The van der Waals surface area contributed by atoms with Gasteiger partial charge in [-0.05, 0) is 30.5 Å². The molecule has 0 saturated carbocycles. The molecule has 2 atom stereocenters. The van der Waals surface area contributed by atoms with Crippen LogP contribution in [0.1, 0.15) is 31.7 Å². The van der Waals surface area contributed by atoms with Gasteiger partial charge in [-0.15, -0.1) is 0 Å². The third-order valence-electron chi connectivity index (χ3n) is 3.75. The molecule has 0 aliphatic carbocycles. The second kappa shape index (κ2) is 5.11. The summed E-state index contributed by atoms with van der Waals surface area (Å²) in [6.45, 7) is 2.41. The van der Waals surface area contributed by atoms with Crippen LogP contribution in [0.5, 0.6) is 11.5 Å². The molecule has 2 aliphatic heterocycles. The second-order valence-electron chi connectivity index (χ2n) is 5.17. The van der Waals surface area contributed by atoms with Gasteiger partial charge in [-0.3, -0.25) is 4.79 Å². The fourth-order valence-corrected chi connectivity index (χ4v) is 2.81. The maximum Gasteiger partial charge on any atom is 0.306 e. The van der Waals surface area contributed by atoms with Gasteiger partial charge in [0.2, 0.25) is 6.79 Å². The minimum Gasteiger partial charge on any atom is -0.462 e. The molecule has 19 heavy (non-hydrogen) atoms. The fraction of sp³-hybridized carbons (Fsp3) is 0.533. The second-order valence-corrected chi connectivity index (χ2v) is 5.17. The lowest BCUT2D eigenvalue weighted by molar-refractivity contribution is -0.141. The Labute approximate surface area is 112 Å². The summed E-state index contributed by atoms with van der Waals surface area (Å²) >= 11 is 0. The molecule has 0 unspecified atom stereocenters. The van der Waals surface area contributed by atoms with Gasteiger partial charge in [0.05, 0.1) is 6.42 Å². The van der Waals surface area contributed by atoms with E-state index in [0.717, 1.165) is 30.8 Å². The molecule has 3 rings (SSSR count). The molecule has 1 saturated heterocycles. The zero-order valence-electron chi connectivity index (χ0n) is 11.1. The predicted molar refractivity (Wildman–Crippen MR) is 69.2 cm³/mol. The minimum atomic E-state index is -0.0656. The number of ether oxygens (including phenoxy) is 3. The largest absolute Gasteiger partial charge is 0.462 e. The third-order valence-corrected chi connectivity index (χ3v) is 3.75. The summed E-state index contributed by atoms with van der Waals surface area (Å²) < 4.78 is 16.1. The Kier molecular flexibility index (Phi) is 3.32. The van der Waals surface area contributed by atoms with E-state index in [1.54, 1.807) is 0 Å².